The minimum absolute atomic E-state index is 0.102. The maximum Gasteiger partial charge on any atom is 0.188 e. The van der Waals surface area contributed by atoms with E-state index in [2.05, 4.69) is 35.0 Å². The Morgan fingerprint density at radius 2 is 1.87 bits per heavy atom. The van der Waals surface area contributed by atoms with Crippen molar-refractivity contribution < 1.29 is 19.4 Å². The van der Waals surface area contributed by atoms with Crippen LogP contribution in [0.1, 0.15) is 81.4 Å². The van der Waals surface area contributed by atoms with Crippen LogP contribution < -0.4 is 0 Å². The molecule has 240 valence electrons. The first-order valence-electron chi connectivity index (χ1n) is 16.4. The molecule has 3 aliphatic carbocycles. The van der Waals surface area contributed by atoms with Crippen LogP contribution in [0, 0.1) is 48.8 Å². The van der Waals surface area contributed by atoms with Crippen LogP contribution in [0.25, 0.3) is 11.8 Å². The van der Waals surface area contributed by atoms with Crippen molar-refractivity contribution in [3.05, 3.63) is 70.6 Å². The van der Waals surface area contributed by atoms with Gasteiger partial charge < -0.3 is 10.2 Å². The second kappa shape index (κ2) is 13.1. The van der Waals surface area contributed by atoms with Crippen molar-refractivity contribution in [2.45, 2.75) is 96.4 Å². The molecule has 6 rings (SSSR count). The van der Waals surface area contributed by atoms with Crippen LogP contribution in [-0.2, 0) is 11.2 Å². The normalized spacial score (nSPS) is 28.3. The second-order valence-corrected chi connectivity index (χ2v) is 14.7. The highest BCUT2D eigenvalue weighted by Gasteiger charge is 2.58. The van der Waals surface area contributed by atoms with Gasteiger partial charge in [0.25, 0.3) is 0 Å². The summed E-state index contributed by atoms with van der Waals surface area (Å²) in [5.41, 5.74) is 5.87. The molecule has 2 aromatic heterocycles. The third kappa shape index (κ3) is 6.41. The Morgan fingerprint density at radius 1 is 1.13 bits per heavy atom. The highest BCUT2D eigenvalue weighted by molar-refractivity contribution is 7.99. The lowest BCUT2D eigenvalue weighted by Crippen LogP contribution is -2.50. The number of benzene rings is 1. The molecular weight excluding hydrogens is 587 g/mol. The topological polar surface area (TPSA) is 101 Å². The van der Waals surface area contributed by atoms with E-state index in [0.717, 1.165) is 67.7 Å². The van der Waals surface area contributed by atoms with Crippen LogP contribution >= 0.6 is 11.8 Å². The number of Topliss-reactive ketones (excluding diaryl/α,β-unsaturated/α-hetero) is 1. The van der Waals surface area contributed by atoms with Crippen molar-refractivity contribution in [3.63, 3.8) is 0 Å². The molecule has 0 spiro atoms. The number of ketones is 1. The Labute approximate surface area is 269 Å². The maximum atomic E-state index is 13.8. The zero-order valence-corrected chi connectivity index (χ0v) is 27.6. The predicted molar refractivity (Wildman–Crippen MR) is 175 cm³/mol. The van der Waals surface area contributed by atoms with E-state index < -0.39 is 12.2 Å². The fraction of sp³-hybridized carbons (Fsp3) is 0.556. The molecule has 2 saturated carbocycles. The van der Waals surface area contributed by atoms with E-state index in [-0.39, 0.29) is 34.6 Å². The standard InChI is InChI=1S/C36H45FN4O3S/c1-5-27-28(13-7-23-6-8-24-19-38-41(31(24)17-23)26-11-9-25(37)10-12-26)29-14-15-30(36(29,4)18-32(27)42)34(44)33(43)20-45-35-39-21(2)16-22(3)40-35/h9-12,16-17,19,27-30,32-33,42-43H,5-8,13-15,18,20H2,1-4H3. The molecular formula is C36H45FN4O3S. The number of hydrogen-bond donors (Lipinski definition) is 2. The molecule has 45 heavy (non-hydrogen) atoms. The van der Waals surface area contributed by atoms with Gasteiger partial charge in [-0.1, -0.05) is 37.6 Å². The van der Waals surface area contributed by atoms with Gasteiger partial charge in [0.15, 0.2) is 10.9 Å². The monoisotopic (exact) mass is 632 g/mol. The third-order valence-corrected chi connectivity index (χ3v) is 11.8. The molecule has 3 aromatic rings. The first-order valence-corrected chi connectivity index (χ1v) is 17.4. The molecule has 7 nitrogen and oxygen atoms in total. The van der Waals surface area contributed by atoms with Gasteiger partial charge in [0.2, 0.25) is 0 Å². The molecule has 0 saturated heterocycles. The lowest BCUT2D eigenvalue weighted by molar-refractivity contribution is -0.139. The summed E-state index contributed by atoms with van der Waals surface area (Å²) in [4.78, 5) is 22.7. The molecule has 9 heteroatoms. The molecule has 0 amide bonds. The lowest BCUT2D eigenvalue weighted by Gasteiger charge is -2.51. The number of aryl methyl sites for hydroxylation is 3. The highest BCUT2D eigenvalue weighted by atomic mass is 32.2. The smallest absolute Gasteiger partial charge is 0.188 e. The number of thioether (sulfide) groups is 1. The van der Waals surface area contributed by atoms with Gasteiger partial charge in [0, 0.05) is 23.1 Å². The van der Waals surface area contributed by atoms with Gasteiger partial charge in [-0.25, -0.2) is 19.0 Å². The quantitative estimate of drug-likeness (QED) is 0.190. The Bertz CT molecular complexity index is 1550. The van der Waals surface area contributed by atoms with E-state index in [1.807, 2.05) is 30.8 Å². The van der Waals surface area contributed by atoms with Crippen LogP contribution in [-0.4, -0.2) is 53.7 Å². The van der Waals surface area contributed by atoms with Crippen LogP contribution in [0.3, 0.4) is 0 Å². The zero-order valence-electron chi connectivity index (χ0n) is 26.7. The van der Waals surface area contributed by atoms with Crippen molar-refractivity contribution in [1.82, 2.24) is 19.7 Å². The number of fused-ring (bicyclic) bond motifs is 2. The SMILES string of the molecule is CCC1C(O)CC2(C)C(C(=O)C(O)CSc3nc(C)cc(C)n3)CCC2C1CCC1=Cc2c(cnn2-c2ccc(F)cc2)CC1. The average molecular weight is 633 g/mol. The Balaban J connectivity index is 1.16. The number of carbonyl (C=O) groups excluding carboxylic acids is 1. The summed E-state index contributed by atoms with van der Waals surface area (Å²) < 4.78 is 15.4. The van der Waals surface area contributed by atoms with Crippen LogP contribution in [0.15, 0.2) is 47.3 Å². The summed E-state index contributed by atoms with van der Waals surface area (Å²) in [6.45, 7) is 8.19. The summed E-state index contributed by atoms with van der Waals surface area (Å²) in [7, 11) is 0. The summed E-state index contributed by atoms with van der Waals surface area (Å²) in [6, 6.07) is 8.34. The predicted octanol–water partition coefficient (Wildman–Crippen LogP) is 6.69. The van der Waals surface area contributed by atoms with Crippen LogP contribution in [0.5, 0.6) is 0 Å². The van der Waals surface area contributed by atoms with E-state index in [9.17, 15) is 19.4 Å². The largest absolute Gasteiger partial charge is 0.393 e. The number of halogens is 1. The van der Waals surface area contributed by atoms with Crippen molar-refractivity contribution in [1.29, 1.82) is 0 Å². The number of allylic oxidation sites excluding steroid dienone is 1. The molecule has 0 bridgehead atoms. The van der Waals surface area contributed by atoms with Crippen LogP contribution in [0.4, 0.5) is 4.39 Å². The first-order chi connectivity index (χ1) is 21.6. The summed E-state index contributed by atoms with van der Waals surface area (Å²) in [5, 5.41) is 27.7. The van der Waals surface area contributed by atoms with Crippen molar-refractivity contribution >= 4 is 23.6 Å². The number of nitrogens with zero attached hydrogens (tertiary/aromatic N) is 4. The Kier molecular flexibility index (Phi) is 9.33. The van der Waals surface area contributed by atoms with Crippen molar-refractivity contribution in [2.75, 3.05) is 5.75 Å². The van der Waals surface area contributed by atoms with Gasteiger partial charge in [-0.2, -0.15) is 5.10 Å². The van der Waals surface area contributed by atoms with Crippen molar-refractivity contribution in [2.24, 2.45) is 29.1 Å². The first kappa shape index (κ1) is 32.1. The Hall–Kier alpha value is -2.88. The number of aliphatic hydroxyl groups excluding tert-OH is 2. The molecule has 0 radical (unpaired) electrons. The number of aliphatic hydroxyl groups is 2. The highest BCUT2D eigenvalue weighted by Crippen LogP contribution is 2.61. The number of hydrogen-bond acceptors (Lipinski definition) is 7. The third-order valence-electron chi connectivity index (χ3n) is 10.9. The minimum Gasteiger partial charge on any atom is -0.393 e. The molecule has 7 unspecified atom stereocenters. The van der Waals surface area contributed by atoms with E-state index >= 15 is 0 Å². The van der Waals surface area contributed by atoms with Gasteiger partial charge >= 0.3 is 0 Å². The van der Waals surface area contributed by atoms with E-state index in [1.54, 1.807) is 12.1 Å². The number of carbonyl (C=O) groups is 1. The van der Waals surface area contributed by atoms with Gasteiger partial charge in [0.1, 0.15) is 11.9 Å². The zero-order chi connectivity index (χ0) is 31.9. The minimum atomic E-state index is -1.09. The molecule has 2 fully saturated rings. The molecule has 7 atom stereocenters. The summed E-state index contributed by atoms with van der Waals surface area (Å²) >= 11 is 1.33. The van der Waals surface area contributed by atoms with Gasteiger partial charge in [-0.3, -0.25) is 4.79 Å². The van der Waals surface area contributed by atoms with Gasteiger partial charge in [-0.15, -0.1) is 0 Å². The molecule has 1 aromatic carbocycles. The average Bonchev–Trinajstić information content (AvgIpc) is 3.58. The molecule has 2 N–H and O–H groups in total. The van der Waals surface area contributed by atoms with Crippen LogP contribution in [0.2, 0.25) is 0 Å². The lowest BCUT2D eigenvalue weighted by atomic mass is 9.55. The van der Waals surface area contributed by atoms with Gasteiger partial charge in [0.05, 0.1) is 23.7 Å². The fourth-order valence-corrected chi connectivity index (χ4v) is 9.65. The number of aromatic nitrogens is 4. The summed E-state index contributed by atoms with van der Waals surface area (Å²) in [6.07, 6.45) is 9.63. The molecule has 3 aliphatic rings. The summed E-state index contributed by atoms with van der Waals surface area (Å²) in [5.74, 6) is 0.424. The second-order valence-electron chi connectivity index (χ2n) is 13.7. The molecule has 2 heterocycles. The number of rotatable bonds is 10. The van der Waals surface area contributed by atoms with E-state index in [0.29, 0.717) is 23.4 Å². The fourth-order valence-electron chi connectivity index (χ4n) is 8.77. The van der Waals surface area contributed by atoms with Gasteiger partial charge in [-0.05, 0) is 124 Å². The van der Waals surface area contributed by atoms with Crippen molar-refractivity contribution in [3.8, 4) is 5.69 Å². The maximum absolute atomic E-state index is 13.8. The van der Waals surface area contributed by atoms with E-state index in [4.69, 9.17) is 0 Å². The van der Waals surface area contributed by atoms with E-state index in [1.165, 1.54) is 35.0 Å². The Morgan fingerprint density at radius 3 is 2.58 bits per heavy atom. The molecule has 0 aliphatic heterocycles.